The molecule has 0 aliphatic rings. The van der Waals surface area contributed by atoms with Crippen molar-refractivity contribution in [2.45, 2.75) is 6.92 Å². The predicted octanol–water partition coefficient (Wildman–Crippen LogP) is 0.580. The summed E-state index contributed by atoms with van der Waals surface area (Å²) in [7, 11) is 0. The van der Waals surface area contributed by atoms with E-state index < -0.39 is 5.91 Å². The topological polar surface area (TPSA) is 71.8 Å². The first-order chi connectivity index (χ1) is 4.61. The summed E-state index contributed by atoms with van der Waals surface area (Å²) >= 11 is 3.08. The number of amides is 1. The van der Waals surface area contributed by atoms with Crippen LogP contribution in [0.5, 0.6) is 0 Å². The Morgan fingerprint density at radius 1 is 1.80 bits per heavy atom. The summed E-state index contributed by atoms with van der Waals surface area (Å²) in [5.74, 6) is -0.514. The monoisotopic (exact) mass is 203 g/mol. The van der Waals surface area contributed by atoms with Gasteiger partial charge in [-0.05, 0) is 22.9 Å². The highest BCUT2D eigenvalue weighted by molar-refractivity contribution is 9.10. The van der Waals surface area contributed by atoms with Crippen molar-refractivity contribution in [3.63, 3.8) is 0 Å². The number of rotatable bonds is 1. The lowest BCUT2D eigenvalue weighted by Gasteiger charge is -1.86. The minimum Gasteiger partial charge on any atom is -0.364 e. The molecule has 3 N–H and O–H groups in total. The fraction of sp³-hybridized carbons (Fsp3) is 0.200. The van der Waals surface area contributed by atoms with E-state index in [1.54, 1.807) is 6.92 Å². The molecule has 1 heterocycles. The zero-order valence-electron chi connectivity index (χ0n) is 5.31. The molecule has 0 aliphatic heterocycles. The number of nitrogens with two attached hydrogens (primary N) is 1. The van der Waals surface area contributed by atoms with Crippen molar-refractivity contribution >= 4 is 21.8 Å². The van der Waals surface area contributed by atoms with Crippen LogP contribution in [0.3, 0.4) is 0 Å². The minimum absolute atomic E-state index is 0.284. The van der Waals surface area contributed by atoms with Gasteiger partial charge in [-0.15, -0.1) is 0 Å². The summed E-state index contributed by atoms with van der Waals surface area (Å²) in [5, 5.41) is 0. The number of hydrogen-bond donors (Lipinski definition) is 2. The van der Waals surface area contributed by atoms with Crippen LogP contribution < -0.4 is 5.73 Å². The molecular formula is C5H6BrN3O. The number of hydrogen-bond acceptors (Lipinski definition) is 2. The molecule has 5 heteroatoms. The highest BCUT2D eigenvalue weighted by atomic mass is 79.9. The lowest BCUT2D eigenvalue weighted by Crippen LogP contribution is -2.12. The number of imidazole rings is 1. The molecule has 0 aliphatic carbocycles. The molecule has 0 unspecified atom stereocenters. The van der Waals surface area contributed by atoms with Crippen LogP contribution in [0.25, 0.3) is 0 Å². The van der Waals surface area contributed by atoms with Crippen LogP contribution in [0.4, 0.5) is 0 Å². The second kappa shape index (κ2) is 2.42. The van der Waals surface area contributed by atoms with Crippen LogP contribution in [0.15, 0.2) is 4.73 Å². The molecule has 0 aromatic carbocycles. The van der Waals surface area contributed by atoms with E-state index in [0.717, 1.165) is 0 Å². The molecule has 1 amide bonds. The highest BCUT2D eigenvalue weighted by Gasteiger charge is 2.08. The summed E-state index contributed by atoms with van der Waals surface area (Å²) in [5.41, 5.74) is 5.95. The fourth-order valence-electron chi connectivity index (χ4n) is 0.664. The number of aryl methyl sites for hydroxylation is 1. The Balaban J connectivity index is 3.15. The first kappa shape index (κ1) is 7.27. The third kappa shape index (κ3) is 1.18. The second-order valence-electron chi connectivity index (χ2n) is 1.87. The quantitative estimate of drug-likeness (QED) is 0.702. The summed E-state index contributed by atoms with van der Waals surface area (Å²) in [4.78, 5) is 17.1. The van der Waals surface area contributed by atoms with Gasteiger partial charge in [0.15, 0.2) is 4.73 Å². The molecule has 4 nitrogen and oxygen atoms in total. The van der Waals surface area contributed by atoms with Crippen LogP contribution in [-0.2, 0) is 0 Å². The third-order valence-electron chi connectivity index (χ3n) is 1.09. The van der Waals surface area contributed by atoms with Crippen molar-refractivity contribution in [3.8, 4) is 0 Å². The van der Waals surface area contributed by atoms with Gasteiger partial charge >= 0.3 is 0 Å². The Hall–Kier alpha value is -0.840. The second-order valence-corrected chi connectivity index (χ2v) is 2.62. The van der Waals surface area contributed by atoms with Crippen LogP contribution in [0.2, 0.25) is 0 Å². The summed E-state index contributed by atoms with van der Waals surface area (Å²) in [6, 6.07) is 0. The van der Waals surface area contributed by atoms with E-state index in [4.69, 9.17) is 5.73 Å². The summed E-state index contributed by atoms with van der Waals surface area (Å²) in [6.45, 7) is 1.73. The number of halogens is 1. The van der Waals surface area contributed by atoms with Gasteiger partial charge < -0.3 is 10.7 Å². The SMILES string of the molecule is Cc1[nH]c(Br)nc1C(N)=O. The van der Waals surface area contributed by atoms with E-state index in [2.05, 4.69) is 25.9 Å². The van der Waals surface area contributed by atoms with E-state index in [9.17, 15) is 4.79 Å². The largest absolute Gasteiger partial charge is 0.364 e. The number of carbonyl (C=O) groups is 1. The number of nitrogens with one attached hydrogen (secondary N) is 1. The van der Waals surface area contributed by atoms with Crippen LogP contribution in [0.1, 0.15) is 16.2 Å². The Kier molecular flexibility index (Phi) is 1.76. The van der Waals surface area contributed by atoms with E-state index in [1.807, 2.05) is 0 Å². The average Bonchev–Trinajstić information content (AvgIpc) is 2.10. The van der Waals surface area contributed by atoms with Gasteiger partial charge in [-0.3, -0.25) is 4.79 Å². The normalized spacial score (nSPS) is 9.80. The van der Waals surface area contributed by atoms with Gasteiger partial charge in [-0.25, -0.2) is 4.98 Å². The average molecular weight is 204 g/mol. The first-order valence-corrected chi connectivity index (χ1v) is 3.42. The van der Waals surface area contributed by atoms with Crippen LogP contribution in [-0.4, -0.2) is 15.9 Å². The van der Waals surface area contributed by atoms with Crippen LogP contribution in [0, 0.1) is 6.92 Å². The number of H-pyrrole nitrogens is 1. The summed E-state index contributed by atoms with van der Waals surface area (Å²) in [6.07, 6.45) is 0. The van der Waals surface area contributed by atoms with Crippen molar-refractivity contribution in [2.24, 2.45) is 5.73 Å². The van der Waals surface area contributed by atoms with E-state index in [-0.39, 0.29) is 5.69 Å². The maximum Gasteiger partial charge on any atom is 0.269 e. The van der Waals surface area contributed by atoms with Gasteiger partial charge in [-0.2, -0.15) is 0 Å². The van der Waals surface area contributed by atoms with Gasteiger partial charge in [0, 0.05) is 5.69 Å². The molecule has 0 atom stereocenters. The Morgan fingerprint density at radius 2 is 2.40 bits per heavy atom. The predicted molar refractivity (Wildman–Crippen MR) is 39.5 cm³/mol. The summed E-state index contributed by atoms with van der Waals surface area (Å²) < 4.78 is 0.527. The zero-order chi connectivity index (χ0) is 7.72. The molecule has 0 radical (unpaired) electrons. The molecule has 1 rings (SSSR count). The Morgan fingerprint density at radius 3 is 2.60 bits per heavy atom. The molecule has 0 saturated heterocycles. The molecule has 0 fully saturated rings. The third-order valence-corrected chi connectivity index (χ3v) is 1.46. The van der Waals surface area contributed by atoms with Crippen LogP contribution >= 0.6 is 15.9 Å². The van der Waals surface area contributed by atoms with Crippen molar-refractivity contribution < 1.29 is 4.79 Å². The molecule has 1 aromatic rings. The van der Waals surface area contributed by atoms with Crippen molar-refractivity contribution in [1.82, 2.24) is 9.97 Å². The van der Waals surface area contributed by atoms with Gasteiger partial charge in [-0.1, -0.05) is 0 Å². The maximum absolute atomic E-state index is 10.6. The standard InChI is InChI=1S/C5H6BrN3O/c1-2-3(4(7)10)9-5(6)8-2/h1H3,(H2,7,10)(H,8,9). The highest BCUT2D eigenvalue weighted by Crippen LogP contribution is 2.08. The Labute approximate surface area is 66.0 Å². The van der Waals surface area contributed by atoms with E-state index in [0.29, 0.717) is 10.4 Å². The molecule has 0 bridgehead atoms. The molecular weight excluding hydrogens is 198 g/mol. The number of primary amides is 1. The number of aromatic nitrogens is 2. The van der Waals surface area contributed by atoms with Gasteiger partial charge in [0.05, 0.1) is 0 Å². The first-order valence-electron chi connectivity index (χ1n) is 2.63. The van der Waals surface area contributed by atoms with E-state index in [1.165, 1.54) is 0 Å². The fourth-order valence-corrected chi connectivity index (χ4v) is 1.14. The maximum atomic E-state index is 10.6. The molecule has 0 saturated carbocycles. The van der Waals surface area contributed by atoms with Gasteiger partial charge in [0.25, 0.3) is 5.91 Å². The van der Waals surface area contributed by atoms with Gasteiger partial charge in [0.1, 0.15) is 5.69 Å². The minimum atomic E-state index is -0.514. The smallest absolute Gasteiger partial charge is 0.269 e. The lowest BCUT2D eigenvalue weighted by molar-refractivity contribution is 0.0995. The molecule has 1 aromatic heterocycles. The lowest BCUT2D eigenvalue weighted by atomic mass is 10.3. The molecule has 54 valence electrons. The number of aromatic amines is 1. The number of nitrogens with zero attached hydrogens (tertiary/aromatic N) is 1. The van der Waals surface area contributed by atoms with Crippen molar-refractivity contribution in [1.29, 1.82) is 0 Å². The van der Waals surface area contributed by atoms with Crippen molar-refractivity contribution in [2.75, 3.05) is 0 Å². The van der Waals surface area contributed by atoms with Gasteiger partial charge in [0.2, 0.25) is 0 Å². The number of carbonyl (C=O) groups excluding carboxylic acids is 1. The molecule has 0 spiro atoms. The van der Waals surface area contributed by atoms with Crippen molar-refractivity contribution in [3.05, 3.63) is 16.1 Å². The zero-order valence-corrected chi connectivity index (χ0v) is 6.90. The molecule has 10 heavy (non-hydrogen) atoms. The Bertz CT molecular complexity index is 268. The van der Waals surface area contributed by atoms with E-state index >= 15 is 0 Å².